The second kappa shape index (κ2) is 8.80. The Morgan fingerprint density at radius 1 is 1.00 bits per heavy atom. The number of carbonyl (C=O) groups is 3. The van der Waals surface area contributed by atoms with Crippen molar-refractivity contribution in [3.63, 3.8) is 0 Å². The van der Waals surface area contributed by atoms with E-state index in [-0.39, 0.29) is 82.1 Å². The Morgan fingerprint density at radius 3 is 2.43 bits per heavy atom. The molecule has 2 bridgehead atoms. The molecule has 0 spiro atoms. The molecule has 2 saturated heterocycles. The molecular formula is C27H28FN3O4S2. The van der Waals surface area contributed by atoms with Gasteiger partial charge in [-0.3, -0.25) is 24.1 Å². The van der Waals surface area contributed by atoms with Crippen molar-refractivity contribution >= 4 is 40.8 Å². The van der Waals surface area contributed by atoms with Crippen LogP contribution in [-0.2, 0) is 14.4 Å². The SMILES string of the molecule is O=C(CCN1C(=O)C2C3CC(C2C1=O)C1C(c2ccc(F)cc2)c2sc(=O)[nH]c2SC31)N1CCCCC1. The smallest absolute Gasteiger partial charge is 0.305 e. The van der Waals surface area contributed by atoms with Crippen LogP contribution >= 0.6 is 23.1 Å². The molecule has 5 aliphatic rings. The van der Waals surface area contributed by atoms with Crippen molar-refractivity contribution in [3.8, 4) is 0 Å². The van der Waals surface area contributed by atoms with Crippen molar-refractivity contribution in [1.82, 2.24) is 14.8 Å². The first kappa shape index (κ1) is 23.6. The van der Waals surface area contributed by atoms with Gasteiger partial charge in [0, 0.05) is 42.1 Å². The Kier molecular flexibility index (Phi) is 5.62. The molecule has 4 fully saturated rings. The summed E-state index contributed by atoms with van der Waals surface area (Å²) in [5.74, 6) is -1.23. The number of carbonyl (C=O) groups excluding carboxylic acids is 3. The van der Waals surface area contributed by atoms with Crippen LogP contribution in [0.2, 0.25) is 0 Å². The third-order valence-corrected chi connectivity index (χ3v) is 11.9. The minimum absolute atomic E-state index is 0.0205. The molecule has 2 aliphatic carbocycles. The van der Waals surface area contributed by atoms with E-state index in [9.17, 15) is 23.6 Å². The predicted octanol–water partition coefficient (Wildman–Crippen LogP) is 3.45. The second-order valence-electron chi connectivity index (χ2n) is 11.0. The molecular weight excluding hydrogens is 513 g/mol. The van der Waals surface area contributed by atoms with Gasteiger partial charge in [-0.15, -0.1) is 11.8 Å². The summed E-state index contributed by atoms with van der Waals surface area (Å²) in [6.07, 6.45) is 4.15. The standard InChI is InChI=1S/C27H28FN3O4S2/c28-14-6-4-13(5-7-14)18-19-15-12-16(22(19)36-24-23(18)37-27(35)29-24)21-20(15)25(33)31(26(21)34)11-8-17(32)30-9-2-1-3-10-30/h4-7,15-16,18-22H,1-3,8-12H2,(H,29,35). The fourth-order valence-corrected chi connectivity index (χ4v) is 10.7. The molecule has 7 nitrogen and oxygen atoms in total. The summed E-state index contributed by atoms with van der Waals surface area (Å²) in [7, 11) is 0. The van der Waals surface area contributed by atoms with Crippen molar-refractivity contribution in [1.29, 1.82) is 0 Å². The first-order chi connectivity index (χ1) is 17.9. The highest BCUT2D eigenvalue weighted by Crippen LogP contribution is 2.68. The number of benzene rings is 1. The molecule has 1 aromatic carbocycles. The van der Waals surface area contributed by atoms with Crippen LogP contribution in [0.5, 0.6) is 0 Å². The number of aromatic nitrogens is 1. The number of aromatic amines is 1. The maximum Gasteiger partial charge on any atom is 0.305 e. The number of thiazole rings is 1. The number of likely N-dealkylation sites (tertiary alicyclic amines) is 2. The summed E-state index contributed by atoms with van der Waals surface area (Å²) in [5.41, 5.74) is 0.943. The normalized spacial score (nSPS) is 34.0. The quantitative estimate of drug-likeness (QED) is 0.599. The van der Waals surface area contributed by atoms with Gasteiger partial charge in [-0.25, -0.2) is 4.39 Å². The summed E-state index contributed by atoms with van der Waals surface area (Å²) >= 11 is 2.84. The number of H-pyrrole nitrogens is 1. The van der Waals surface area contributed by atoms with Crippen molar-refractivity contribution in [3.05, 3.63) is 50.2 Å². The summed E-state index contributed by atoms with van der Waals surface area (Å²) < 4.78 is 13.8. The van der Waals surface area contributed by atoms with Gasteiger partial charge >= 0.3 is 4.87 Å². The van der Waals surface area contributed by atoms with E-state index >= 15 is 0 Å². The number of hydrogen-bond donors (Lipinski definition) is 1. The topological polar surface area (TPSA) is 90.5 Å². The molecule has 3 amide bonds. The number of nitrogens with zero attached hydrogens (tertiary/aromatic N) is 2. The highest BCUT2D eigenvalue weighted by atomic mass is 32.2. The molecule has 37 heavy (non-hydrogen) atoms. The number of nitrogens with one attached hydrogen (secondary N) is 1. The van der Waals surface area contributed by atoms with E-state index in [2.05, 4.69) is 4.98 Å². The summed E-state index contributed by atoms with van der Waals surface area (Å²) in [4.78, 5) is 59.3. The highest BCUT2D eigenvalue weighted by Gasteiger charge is 2.69. The molecule has 2 aromatic rings. The zero-order chi connectivity index (χ0) is 25.4. The number of imide groups is 1. The molecule has 1 aromatic heterocycles. The van der Waals surface area contributed by atoms with Crippen LogP contribution in [0.25, 0.3) is 0 Å². The highest BCUT2D eigenvalue weighted by molar-refractivity contribution is 8.00. The lowest BCUT2D eigenvalue weighted by molar-refractivity contribution is -0.141. The first-order valence-electron chi connectivity index (χ1n) is 13.2. The Bertz CT molecular complexity index is 1330. The largest absolute Gasteiger partial charge is 0.343 e. The number of rotatable bonds is 4. The van der Waals surface area contributed by atoms with Crippen LogP contribution in [0, 0.1) is 35.4 Å². The minimum Gasteiger partial charge on any atom is -0.343 e. The molecule has 4 heterocycles. The zero-order valence-corrected chi connectivity index (χ0v) is 21.9. The predicted molar refractivity (Wildman–Crippen MR) is 137 cm³/mol. The van der Waals surface area contributed by atoms with E-state index in [1.165, 1.54) is 28.4 Å². The lowest BCUT2D eigenvalue weighted by Crippen LogP contribution is -2.42. The van der Waals surface area contributed by atoms with Gasteiger partial charge in [-0.05, 0) is 61.1 Å². The molecule has 1 N–H and O–H groups in total. The monoisotopic (exact) mass is 541 g/mol. The van der Waals surface area contributed by atoms with Gasteiger partial charge in [0.1, 0.15) is 5.82 Å². The fourth-order valence-electron chi connectivity index (χ4n) is 7.85. The van der Waals surface area contributed by atoms with Crippen molar-refractivity contribution in [2.75, 3.05) is 19.6 Å². The average molecular weight is 542 g/mol. The van der Waals surface area contributed by atoms with E-state index in [4.69, 9.17) is 0 Å². The van der Waals surface area contributed by atoms with Crippen LogP contribution in [0.3, 0.4) is 0 Å². The third kappa shape index (κ3) is 3.58. The zero-order valence-electron chi connectivity index (χ0n) is 20.2. The molecule has 194 valence electrons. The van der Waals surface area contributed by atoms with Crippen LogP contribution in [0.15, 0.2) is 34.1 Å². The number of amides is 3. The number of fused-ring (bicyclic) bond motifs is 9. The van der Waals surface area contributed by atoms with Crippen molar-refractivity contribution in [2.45, 2.75) is 48.3 Å². The van der Waals surface area contributed by atoms with Gasteiger partial charge in [0.25, 0.3) is 0 Å². The molecule has 7 unspecified atom stereocenters. The van der Waals surface area contributed by atoms with Crippen LogP contribution in [0.1, 0.15) is 48.5 Å². The second-order valence-corrected chi connectivity index (χ2v) is 13.2. The number of piperidine rings is 1. The van der Waals surface area contributed by atoms with Crippen LogP contribution in [0.4, 0.5) is 4.39 Å². The summed E-state index contributed by atoms with van der Waals surface area (Å²) in [5, 5.41) is 0.946. The Morgan fingerprint density at radius 2 is 1.70 bits per heavy atom. The molecule has 0 radical (unpaired) electrons. The molecule has 7 rings (SSSR count). The molecule has 7 atom stereocenters. The Hall–Kier alpha value is -2.46. The lowest BCUT2D eigenvalue weighted by Gasteiger charge is -2.43. The Balaban J connectivity index is 1.17. The number of thioether (sulfide) groups is 1. The van der Waals surface area contributed by atoms with Gasteiger partial charge in [-0.1, -0.05) is 23.5 Å². The van der Waals surface area contributed by atoms with Crippen LogP contribution < -0.4 is 4.87 Å². The van der Waals surface area contributed by atoms with Gasteiger partial charge in [-0.2, -0.15) is 0 Å². The maximum absolute atomic E-state index is 13.8. The average Bonchev–Trinajstić information content (AvgIpc) is 3.63. The van der Waals surface area contributed by atoms with E-state index in [0.29, 0.717) is 0 Å². The first-order valence-corrected chi connectivity index (χ1v) is 14.9. The van der Waals surface area contributed by atoms with Crippen molar-refractivity contribution < 1.29 is 18.8 Å². The number of hydrogen-bond acceptors (Lipinski definition) is 6. The number of halogens is 1. The van der Waals surface area contributed by atoms with Gasteiger partial charge in [0.2, 0.25) is 17.7 Å². The summed E-state index contributed by atoms with van der Waals surface area (Å²) in [6, 6.07) is 6.46. The van der Waals surface area contributed by atoms with Gasteiger partial charge in [0.05, 0.1) is 16.9 Å². The van der Waals surface area contributed by atoms with E-state index < -0.39 is 0 Å². The lowest BCUT2D eigenvalue weighted by atomic mass is 9.68. The van der Waals surface area contributed by atoms with E-state index in [1.807, 2.05) is 4.90 Å². The maximum atomic E-state index is 13.8. The van der Waals surface area contributed by atoms with Crippen molar-refractivity contribution in [2.24, 2.45) is 29.6 Å². The third-order valence-electron chi connectivity index (χ3n) is 9.30. The summed E-state index contributed by atoms with van der Waals surface area (Å²) in [6.45, 7) is 1.67. The molecule has 3 aliphatic heterocycles. The molecule has 2 saturated carbocycles. The van der Waals surface area contributed by atoms with Gasteiger partial charge in [0.15, 0.2) is 0 Å². The molecule has 10 heteroatoms. The van der Waals surface area contributed by atoms with Gasteiger partial charge < -0.3 is 9.88 Å². The minimum atomic E-state index is -0.371. The Labute approximate surface area is 221 Å². The van der Waals surface area contributed by atoms with E-state index in [0.717, 1.165) is 54.2 Å². The van der Waals surface area contributed by atoms with E-state index in [1.54, 1.807) is 23.9 Å². The fraction of sp³-hybridized carbons (Fsp3) is 0.556. The van der Waals surface area contributed by atoms with Crippen LogP contribution in [-0.4, -0.2) is 57.4 Å².